The Morgan fingerprint density at radius 2 is 1.55 bits per heavy atom. The normalized spacial score (nSPS) is 11.5. The number of fused-ring (bicyclic) bond motifs is 1. The summed E-state index contributed by atoms with van der Waals surface area (Å²) in [4.78, 5) is 16.8. The molecule has 0 saturated heterocycles. The van der Waals surface area contributed by atoms with Crippen LogP contribution in [0.25, 0.3) is 28.5 Å². The first kappa shape index (κ1) is 25.1. The standard InChI is InChI=1S/C27H20ClN5O4S/c1-36-21-9-4-5-10-22(21)37-23-24(28)31-27(26-29-14-6-15-30-26)32-25(23)33-38(34,35)16-13-18-11-12-19-7-2-3-8-20(19)17-18/h2-17H,1H3,(H,31,32,33)/b16-13+. The third-order valence-corrected chi connectivity index (χ3v) is 6.55. The Morgan fingerprint density at radius 1 is 0.842 bits per heavy atom. The number of methoxy groups -OCH3 is 1. The molecule has 0 unspecified atom stereocenters. The zero-order chi connectivity index (χ0) is 26.5. The fraction of sp³-hybridized carbons (Fsp3) is 0.0370. The van der Waals surface area contributed by atoms with E-state index >= 15 is 0 Å². The van der Waals surface area contributed by atoms with Crippen LogP contribution in [0.3, 0.4) is 0 Å². The predicted molar refractivity (Wildman–Crippen MR) is 147 cm³/mol. The van der Waals surface area contributed by atoms with E-state index in [1.807, 2.05) is 42.5 Å². The SMILES string of the molecule is COc1ccccc1Oc1c(Cl)nc(-c2ncccn2)nc1NS(=O)(=O)/C=C/c1ccc2ccccc2c1. The monoisotopic (exact) mass is 545 g/mol. The lowest BCUT2D eigenvalue weighted by Gasteiger charge is -2.15. The quantitative estimate of drug-likeness (QED) is 0.238. The smallest absolute Gasteiger partial charge is 0.256 e. The summed E-state index contributed by atoms with van der Waals surface area (Å²) in [5.41, 5.74) is 0.707. The molecule has 5 rings (SSSR count). The number of nitrogens with zero attached hydrogens (tertiary/aromatic N) is 4. The van der Waals surface area contributed by atoms with Gasteiger partial charge in [-0.2, -0.15) is 0 Å². The molecule has 2 heterocycles. The van der Waals surface area contributed by atoms with E-state index in [0.717, 1.165) is 16.2 Å². The largest absolute Gasteiger partial charge is 0.493 e. The highest BCUT2D eigenvalue weighted by atomic mass is 35.5. The molecular formula is C27H20ClN5O4S. The van der Waals surface area contributed by atoms with Crippen LogP contribution in [0.1, 0.15) is 5.56 Å². The van der Waals surface area contributed by atoms with E-state index in [4.69, 9.17) is 21.1 Å². The molecule has 0 atom stereocenters. The Bertz CT molecular complexity index is 1750. The van der Waals surface area contributed by atoms with Crippen molar-refractivity contribution in [3.63, 3.8) is 0 Å². The molecule has 3 aromatic carbocycles. The van der Waals surface area contributed by atoms with Crippen LogP contribution < -0.4 is 14.2 Å². The highest BCUT2D eigenvalue weighted by Gasteiger charge is 2.22. The number of hydrogen-bond donors (Lipinski definition) is 1. The van der Waals surface area contributed by atoms with Crippen molar-refractivity contribution >= 4 is 44.3 Å². The summed E-state index contributed by atoms with van der Waals surface area (Å²) in [5.74, 6) is 0.560. The molecule has 5 aromatic rings. The number of sulfonamides is 1. The average Bonchev–Trinajstić information content (AvgIpc) is 2.94. The molecule has 0 amide bonds. The number of nitrogens with one attached hydrogen (secondary N) is 1. The van der Waals surface area contributed by atoms with Crippen LogP contribution in [0, 0.1) is 0 Å². The highest BCUT2D eigenvalue weighted by molar-refractivity contribution is 7.95. The average molecular weight is 546 g/mol. The number of aromatic nitrogens is 4. The van der Waals surface area contributed by atoms with Gasteiger partial charge in [0.05, 0.1) is 12.5 Å². The van der Waals surface area contributed by atoms with Crippen molar-refractivity contribution in [1.29, 1.82) is 0 Å². The second-order valence-electron chi connectivity index (χ2n) is 7.90. The van der Waals surface area contributed by atoms with E-state index in [-0.39, 0.29) is 34.1 Å². The molecule has 190 valence electrons. The van der Waals surface area contributed by atoms with Crippen LogP contribution in [-0.4, -0.2) is 35.5 Å². The zero-order valence-electron chi connectivity index (χ0n) is 19.9. The summed E-state index contributed by atoms with van der Waals surface area (Å²) in [6.07, 6.45) is 4.50. The van der Waals surface area contributed by atoms with Gasteiger partial charge in [0.25, 0.3) is 10.0 Å². The van der Waals surface area contributed by atoms with E-state index in [9.17, 15) is 8.42 Å². The molecule has 0 aliphatic rings. The lowest BCUT2D eigenvalue weighted by atomic mass is 10.1. The summed E-state index contributed by atoms with van der Waals surface area (Å²) in [6.45, 7) is 0. The van der Waals surface area contributed by atoms with Gasteiger partial charge in [-0.15, -0.1) is 0 Å². The van der Waals surface area contributed by atoms with E-state index in [1.165, 1.54) is 25.6 Å². The minimum atomic E-state index is -4.06. The number of halogens is 1. The first-order valence-electron chi connectivity index (χ1n) is 11.3. The molecule has 2 aromatic heterocycles. The molecule has 0 aliphatic carbocycles. The molecule has 0 bridgehead atoms. The van der Waals surface area contributed by atoms with Gasteiger partial charge in [-0.1, -0.05) is 60.1 Å². The molecule has 0 spiro atoms. The zero-order valence-corrected chi connectivity index (χ0v) is 21.5. The van der Waals surface area contributed by atoms with Crippen LogP contribution in [0.15, 0.2) is 90.6 Å². The first-order chi connectivity index (χ1) is 18.4. The molecule has 0 fully saturated rings. The van der Waals surface area contributed by atoms with Crippen LogP contribution >= 0.6 is 11.6 Å². The van der Waals surface area contributed by atoms with E-state index in [0.29, 0.717) is 11.3 Å². The second kappa shape index (κ2) is 10.8. The van der Waals surface area contributed by atoms with Crippen molar-refractivity contribution in [2.24, 2.45) is 0 Å². The molecule has 0 radical (unpaired) electrons. The molecule has 1 N–H and O–H groups in total. The van der Waals surface area contributed by atoms with Crippen LogP contribution in [0.4, 0.5) is 5.82 Å². The number of rotatable bonds is 8. The fourth-order valence-corrected chi connectivity index (χ4v) is 4.58. The van der Waals surface area contributed by atoms with Crippen molar-refractivity contribution < 1.29 is 17.9 Å². The van der Waals surface area contributed by atoms with E-state index in [1.54, 1.807) is 30.3 Å². The maximum atomic E-state index is 13.1. The number of ether oxygens (including phenoxy) is 2. The maximum absolute atomic E-state index is 13.1. The van der Waals surface area contributed by atoms with Crippen LogP contribution in [-0.2, 0) is 10.0 Å². The third-order valence-electron chi connectivity index (χ3n) is 5.32. The number of anilines is 1. The Morgan fingerprint density at radius 3 is 2.32 bits per heavy atom. The topological polar surface area (TPSA) is 116 Å². The number of para-hydroxylation sites is 2. The van der Waals surface area contributed by atoms with Crippen molar-refractivity contribution in [3.8, 4) is 28.9 Å². The number of benzene rings is 3. The van der Waals surface area contributed by atoms with Crippen molar-refractivity contribution in [3.05, 3.63) is 101 Å². The Balaban J connectivity index is 1.52. The van der Waals surface area contributed by atoms with Gasteiger partial charge in [-0.3, -0.25) is 4.72 Å². The maximum Gasteiger partial charge on any atom is 0.256 e. The van der Waals surface area contributed by atoms with Crippen molar-refractivity contribution in [1.82, 2.24) is 19.9 Å². The van der Waals surface area contributed by atoms with Gasteiger partial charge in [0.1, 0.15) is 0 Å². The lowest BCUT2D eigenvalue weighted by Crippen LogP contribution is -2.13. The van der Waals surface area contributed by atoms with Crippen LogP contribution in [0.5, 0.6) is 17.2 Å². The lowest BCUT2D eigenvalue weighted by molar-refractivity contribution is 0.378. The third kappa shape index (κ3) is 5.72. The second-order valence-corrected chi connectivity index (χ2v) is 9.82. The van der Waals surface area contributed by atoms with E-state index < -0.39 is 10.0 Å². The molecule has 38 heavy (non-hydrogen) atoms. The Hall–Kier alpha value is -4.54. The summed E-state index contributed by atoms with van der Waals surface area (Å²) < 4.78 is 39.9. The summed E-state index contributed by atoms with van der Waals surface area (Å²) in [5, 5.41) is 2.93. The molecule has 11 heteroatoms. The molecular weight excluding hydrogens is 526 g/mol. The predicted octanol–water partition coefficient (Wildman–Crippen LogP) is 5.95. The van der Waals surface area contributed by atoms with E-state index in [2.05, 4.69) is 24.7 Å². The van der Waals surface area contributed by atoms with Crippen molar-refractivity contribution in [2.75, 3.05) is 11.8 Å². The van der Waals surface area contributed by atoms with Gasteiger partial charge in [-0.05, 0) is 46.7 Å². The molecule has 0 aliphatic heterocycles. The van der Waals surface area contributed by atoms with Crippen molar-refractivity contribution in [2.45, 2.75) is 0 Å². The molecule has 9 nitrogen and oxygen atoms in total. The molecule has 0 saturated carbocycles. The van der Waals surface area contributed by atoms with Gasteiger partial charge >= 0.3 is 0 Å². The number of hydrogen-bond acceptors (Lipinski definition) is 8. The Kier molecular flexibility index (Phi) is 7.16. The van der Waals surface area contributed by atoms with Gasteiger partial charge in [0, 0.05) is 12.4 Å². The van der Waals surface area contributed by atoms with Crippen LogP contribution in [0.2, 0.25) is 5.15 Å². The first-order valence-corrected chi connectivity index (χ1v) is 13.2. The van der Waals surface area contributed by atoms with Gasteiger partial charge in [-0.25, -0.2) is 28.4 Å². The minimum Gasteiger partial charge on any atom is -0.493 e. The van der Waals surface area contributed by atoms with Gasteiger partial charge in [0.2, 0.25) is 11.6 Å². The highest BCUT2D eigenvalue weighted by Crippen LogP contribution is 2.39. The van der Waals surface area contributed by atoms with Gasteiger partial charge in [0.15, 0.2) is 28.3 Å². The summed E-state index contributed by atoms with van der Waals surface area (Å²) >= 11 is 6.46. The summed E-state index contributed by atoms with van der Waals surface area (Å²) in [7, 11) is -2.58. The van der Waals surface area contributed by atoms with Gasteiger partial charge < -0.3 is 9.47 Å². The minimum absolute atomic E-state index is 0.0131. The fourth-order valence-electron chi connectivity index (χ4n) is 3.56. The summed E-state index contributed by atoms with van der Waals surface area (Å²) in [6, 6.07) is 21.9. The Labute approximate surface area is 223 Å².